The molecule has 33 heavy (non-hydrogen) atoms. The van der Waals surface area contributed by atoms with E-state index in [2.05, 4.69) is 15.2 Å². The number of fused-ring (bicyclic) bond motifs is 2. The molecule has 1 aliphatic rings. The maximum Gasteiger partial charge on any atom is 0.410 e. The fourth-order valence-corrected chi connectivity index (χ4v) is 4.54. The van der Waals surface area contributed by atoms with E-state index in [1.54, 1.807) is 50.7 Å². The Labute approximate surface area is 186 Å². The van der Waals surface area contributed by atoms with Gasteiger partial charge < -0.3 is 4.42 Å². The predicted molar refractivity (Wildman–Crippen MR) is 114 cm³/mol. The lowest BCUT2D eigenvalue weighted by atomic mass is 10.0. The van der Waals surface area contributed by atoms with Crippen LogP contribution in [0.3, 0.4) is 0 Å². The van der Waals surface area contributed by atoms with Gasteiger partial charge in [0, 0.05) is 19.2 Å². The number of carbonyl (C=O) groups excluding carboxylic acids is 1. The zero-order valence-corrected chi connectivity index (χ0v) is 18.4. The van der Waals surface area contributed by atoms with Crippen LogP contribution >= 0.6 is 0 Å². The molecule has 5 rings (SSSR count). The standard InChI is InChI=1S/C22H21F3N6O2/c1-11-8-18-30(12(2)9-17(22(23,24)25)31(18)27-11)21(32)14-10-15(16-6-5-7-33-16)26-20-19(14)13(3)28-29(20)4/h5-8,10,12,17H,9H2,1-4H3. The van der Waals surface area contributed by atoms with E-state index in [0.717, 1.165) is 4.68 Å². The van der Waals surface area contributed by atoms with E-state index in [-0.39, 0.29) is 12.2 Å². The third-order valence-corrected chi connectivity index (χ3v) is 5.95. The summed E-state index contributed by atoms with van der Waals surface area (Å²) in [7, 11) is 1.72. The molecule has 1 aliphatic heterocycles. The monoisotopic (exact) mass is 458 g/mol. The van der Waals surface area contributed by atoms with Crippen LogP contribution in [-0.4, -0.2) is 42.7 Å². The molecule has 0 aliphatic carbocycles. The number of hydrogen-bond donors (Lipinski definition) is 0. The molecule has 11 heteroatoms. The highest BCUT2D eigenvalue weighted by molar-refractivity contribution is 6.14. The van der Waals surface area contributed by atoms with Gasteiger partial charge in [0.2, 0.25) is 0 Å². The van der Waals surface area contributed by atoms with E-state index < -0.39 is 24.2 Å². The Morgan fingerprint density at radius 1 is 1.21 bits per heavy atom. The van der Waals surface area contributed by atoms with Gasteiger partial charge in [0.25, 0.3) is 5.91 Å². The average molecular weight is 458 g/mol. The van der Waals surface area contributed by atoms with Gasteiger partial charge in [-0.1, -0.05) is 0 Å². The number of alkyl halides is 3. The third-order valence-electron chi connectivity index (χ3n) is 5.95. The second kappa shape index (κ2) is 7.19. The number of aryl methyl sites for hydroxylation is 3. The molecule has 0 saturated carbocycles. The number of rotatable bonds is 2. The molecule has 0 N–H and O–H groups in total. The first-order valence-corrected chi connectivity index (χ1v) is 10.4. The lowest BCUT2D eigenvalue weighted by Gasteiger charge is -2.38. The molecule has 0 radical (unpaired) electrons. The summed E-state index contributed by atoms with van der Waals surface area (Å²) in [6, 6.07) is 4.04. The first-order chi connectivity index (χ1) is 15.6. The molecule has 0 saturated heterocycles. The number of hydrogen-bond acceptors (Lipinski definition) is 5. The van der Waals surface area contributed by atoms with Gasteiger partial charge in [0.05, 0.1) is 28.6 Å². The van der Waals surface area contributed by atoms with Crippen LogP contribution < -0.4 is 4.90 Å². The van der Waals surface area contributed by atoms with Crippen LogP contribution in [0.2, 0.25) is 0 Å². The first-order valence-electron chi connectivity index (χ1n) is 10.4. The fraction of sp³-hybridized carbons (Fsp3) is 0.364. The second-order valence-corrected chi connectivity index (χ2v) is 8.35. The summed E-state index contributed by atoms with van der Waals surface area (Å²) in [5.41, 5.74) is 2.20. The summed E-state index contributed by atoms with van der Waals surface area (Å²) in [6.07, 6.45) is -3.27. The van der Waals surface area contributed by atoms with Crippen molar-refractivity contribution in [3.05, 3.63) is 47.5 Å². The van der Waals surface area contributed by atoms with Crippen molar-refractivity contribution >= 4 is 22.8 Å². The van der Waals surface area contributed by atoms with E-state index in [0.29, 0.717) is 39.4 Å². The summed E-state index contributed by atoms with van der Waals surface area (Å²) in [6.45, 7) is 4.99. The van der Waals surface area contributed by atoms with Crippen molar-refractivity contribution in [1.29, 1.82) is 0 Å². The third kappa shape index (κ3) is 3.30. The summed E-state index contributed by atoms with van der Waals surface area (Å²) < 4.78 is 49.2. The van der Waals surface area contributed by atoms with Crippen LogP contribution in [0, 0.1) is 13.8 Å². The summed E-state index contributed by atoms with van der Waals surface area (Å²) in [4.78, 5) is 19.9. The predicted octanol–water partition coefficient (Wildman–Crippen LogP) is 4.58. The quantitative estimate of drug-likeness (QED) is 0.439. The molecule has 2 atom stereocenters. The van der Waals surface area contributed by atoms with Crippen molar-refractivity contribution in [2.45, 2.75) is 45.5 Å². The highest BCUT2D eigenvalue weighted by Gasteiger charge is 2.48. The van der Waals surface area contributed by atoms with Crippen LogP contribution in [0.5, 0.6) is 0 Å². The molecular weight excluding hydrogens is 437 g/mol. The molecular formula is C22H21F3N6O2. The van der Waals surface area contributed by atoms with Crippen molar-refractivity contribution < 1.29 is 22.4 Å². The molecule has 8 nitrogen and oxygen atoms in total. The van der Waals surface area contributed by atoms with Crippen LogP contribution in [0.1, 0.15) is 41.1 Å². The van der Waals surface area contributed by atoms with Crippen LogP contribution in [0.15, 0.2) is 34.9 Å². The molecule has 172 valence electrons. The topological polar surface area (TPSA) is 82.0 Å². The SMILES string of the molecule is Cc1cc2n(n1)C(C(F)(F)F)CC(C)N2C(=O)c1cc(-c2ccco2)nc2c1c(C)nn2C. The average Bonchev–Trinajstić information content (AvgIpc) is 3.45. The molecule has 0 spiro atoms. The minimum absolute atomic E-state index is 0.115. The molecule has 1 amide bonds. The molecule has 0 aromatic carbocycles. The van der Waals surface area contributed by atoms with E-state index in [4.69, 9.17) is 4.42 Å². The van der Waals surface area contributed by atoms with Gasteiger partial charge in [-0.25, -0.2) is 9.67 Å². The van der Waals surface area contributed by atoms with Gasteiger partial charge in [-0.15, -0.1) is 0 Å². The number of anilines is 1. The molecule has 4 aromatic rings. The van der Waals surface area contributed by atoms with Crippen molar-refractivity contribution in [2.24, 2.45) is 7.05 Å². The summed E-state index contributed by atoms with van der Waals surface area (Å²) in [5, 5.41) is 9.01. The van der Waals surface area contributed by atoms with Crippen molar-refractivity contribution in [3.8, 4) is 11.5 Å². The Morgan fingerprint density at radius 3 is 2.64 bits per heavy atom. The molecule has 4 aromatic heterocycles. The second-order valence-electron chi connectivity index (χ2n) is 8.35. The Bertz CT molecular complexity index is 1370. The number of carbonyl (C=O) groups is 1. The fourth-order valence-electron chi connectivity index (χ4n) is 4.54. The van der Waals surface area contributed by atoms with Gasteiger partial charge in [-0.2, -0.15) is 23.4 Å². The number of aromatic nitrogens is 5. The molecule has 0 fully saturated rings. The largest absolute Gasteiger partial charge is 0.463 e. The summed E-state index contributed by atoms with van der Waals surface area (Å²) >= 11 is 0. The zero-order chi connectivity index (χ0) is 23.7. The molecule has 5 heterocycles. The van der Waals surface area contributed by atoms with Gasteiger partial charge in [0.15, 0.2) is 17.4 Å². The number of amides is 1. The highest BCUT2D eigenvalue weighted by Crippen LogP contribution is 2.43. The number of halogens is 3. The highest BCUT2D eigenvalue weighted by atomic mass is 19.4. The summed E-state index contributed by atoms with van der Waals surface area (Å²) in [5.74, 6) is 0.139. The smallest absolute Gasteiger partial charge is 0.410 e. The van der Waals surface area contributed by atoms with E-state index in [9.17, 15) is 18.0 Å². The zero-order valence-electron chi connectivity index (χ0n) is 18.4. The van der Waals surface area contributed by atoms with E-state index in [1.165, 1.54) is 17.2 Å². The van der Waals surface area contributed by atoms with E-state index in [1.807, 2.05) is 0 Å². The Balaban J connectivity index is 1.70. The maximum absolute atomic E-state index is 13.9. The number of pyridine rings is 1. The molecule has 2 unspecified atom stereocenters. The normalized spacial score (nSPS) is 18.7. The first kappa shape index (κ1) is 21.2. The van der Waals surface area contributed by atoms with Gasteiger partial charge >= 0.3 is 6.18 Å². The van der Waals surface area contributed by atoms with Gasteiger partial charge in [0.1, 0.15) is 11.5 Å². The lowest BCUT2D eigenvalue weighted by Crippen LogP contribution is -2.48. The molecule has 0 bridgehead atoms. The van der Waals surface area contributed by atoms with Crippen molar-refractivity contribution in [3.63, 3.8) is 0 Å². The lowest BCUT2D eigenvalue weighted by molar-refractivity contribution is -0.174. The maximum atomic E-state index is 13.9. The minimum atomic E-state index is -4.48. The Kier molecular flexibility index (Phi) is 4.62. The van der Waals surface area contributed by atoms with Crippen molar-refractivity contribution in [2.75, 3.05) is 4.90 Å². The van der Waals surface area contributed by atoms with Crippen LogP contribution in [0.25, 0.3) is 22.5 Å². The van der Waals surface area contributed by atoms with Crippen LogP contribution in [0.4, 0.5) is 19.0 Å². The van der Waals surface area contributed by atoms with Gasteiger partial charge in [-0.05, 0) is 45.4 Å². The minimum Gasteiger partial charge on any atom is -0.463 e. The van der Waals surface area contributed by atoms with E-state index >= 15 is 0 Å². The van der Waals surface area contributed by atoms with Crippen LogP contribution in [-0.2, 0) is 7.05 Å². The Morgan fingerprint density at radius 2 is 1.97 bits per heavy atom. The number of nitrogens with zero attached hydrogens (tertiary/aromatic N) is 6. The Hall–Kier alpha value is -3.63. The number of furan rings is 1. The van der Waals surface area contributed by atoms with Gasteiger partial charge in [-0.3, -0.25) is 14.4 Å². The van der Waals surface area contributed by atoms with Crippen molar-refractivity contribution in [1.82, 2.24) is 24.5 Å².